The number of halogens is 2. The first-order valence-electron chi connectivity index (χ1n) is 6.93. The second-order valence-electron chi connectivity index (χ2n) is 4.92. The van der Waals surface area contributed by atoms with Gasteiger partial charge in [-0.15, -0.1) is 11.3 Å². The minimum absolute atomic E-state index is 0.259. The molecule has 1 aromatic heterocycles. The molecule has 0 aliphatic carbocycles. The molecule has 1 aromatic carbocycles. The number of benzene rings is 1. The SMILES string of the molecule is CC(=O)Nc1sc(C(=O)NN=Cc2ccc(Cl)cc2Cl)c(C)c1C#N. The molecule has 2 N–H and O–H groups in total. The fraction of sp³-hybridized carbons (Fsp3) is 0.125. The molecule has 0 radical (unpaired) electrons. The lowest BCUT2D eigenvalue weighted by molar-refractivity contribution is -0.114. The number of hydrogen-bond acceptors (Lipinski definition) is 5. The number of anilines is 1. The molecule has 9 heteroatoms. The van der Waals surface area contributed by atoms with Gasteiger partial charge < -0.3 is 5.32 Å². The van der Waals surface area contributed by atoms with Gasteiger partial charge >= 0.3 is 0 Å². The molecule has 0 fully saturated rings. The van der Waals surface area contributed by atoms with E-state index >= 15 is 0 Å². The van der Waals surface area contributed by atoms with Crippen molar-refractivity contribution in [2.24, 2.45) is 5.10 Å². The molecule has 6 nitrogen and oxygen atoms in total. The Morgan fingerprint density at radius 2 is 2.08 bits per heavy atom. The number of carbonyl (C=O) groups excluding carboxylic acids is 2. The summed E-state index contributed by atoms with van der Waals surface area (Å²) in [7, 11) is 0. The minimum atomic E-state index is -0.489. The van der Waals surface area contributed by atoms with Gasteiger partial charge in [-0.05, 0) is 24.6 Å². The fourth-order valence-electron chi connectivity index (χ4n) is 1.93. The van der Waals surface area contributed by atoms with Crippen molar-refractivity contribution in [2.75, 3.05) is 5.32 Å². The molecule has 0 aliphatic rings. The highest BCUT2D eigenvalue weighted by Gasteiger charge is 2.20. The first-order valence-corrected chi connectivity index (χ1v) is 8.50. The van der Waals surface area contributed by atoms with E-state index in [-0.39, 0.29) is 11.5 Å². The predicted molar refractivity (Wildman–Crippen MR) is 99.6 cm³/mol. The molecule has 128 valence electrons. The van der Waals surface area contributed by atoms with Crippen LogP contribution in [0.2, 0.25) is 10.0 Å². The smallest absolute Gasteiger partial charge is 0.281 e. The number of hydrazone groups is 1. The lowest BCUT2D eigenvalue weighted by Crippen LogP contribution is -2.17. The Morgan fingerprint density at radius 3 is 2.68 bits per heavy atom. The van der Waals surface area contributed by atoms with Gasteiger partial charge in [-0.1, -0.05) is 29.3 Å². The molecule has 2 amide bonds. The number of nitrogens with one attached hydrogen (secondary N) is 2. The molecule has 2 aromatic rings. The van der Waals surface area contributed by atoms with E-state index in [1.54, 1.807) is 25.1 Å². The molecule has 2 rings (SSSR count). The van der Waals surface area contributed by atoms with E-state index in [2.05, 4.69) is 15.8 Å². The maximum atomic E-state index is 12.3. The van der Waals surface area contributed by atoms with Crippen molar-refractivity contribution in [3.05, 3.63) is 49.8 Å². The van der Waals surface area contributed by atoms with E-state index in [0.717, 1.165) is 11.3 Å². The summed E-state index contributed by atoms with van der Waals surface area (Å²) >= 11 is 12.8. The molecule has 0 spiro atoms. The Balaban J connectivity index is 2.18. The van der Waals surface area contributed by atoms with Gasteiger partial charge in [0.15, 0.2) is 0 Å². The molecule has 0 saturated carbocycles. The van der Waals surface area contributed by atoms with Crippen molar-refractivity contribution in [2.45, 2.75) is 13.8 Å². The predicted octanol–water partition coefficient (Wildman–Crippen LogP) is 3.96. The van der Waals surface area contributed by atoms with Crippen LogP contribution in [0.25, 0.3) is 0 Å². The average molecular weight is 395 g/mol. The fourth-order valence-corrected chi connectivity index (χ4v) is 3.48. The van der Waals surface area contributed by atoms with Crippen LogP contribution in [0.1, 0.15) is 33.3 Å². The third kappa shape index (κ3) is 4.57. The Labute approximate surface area is 158 Å². The molecule has 0 saturated heterocycles. The second-order valence-corrected chi connectivity index (χ2v) is 6.78. The minimum Gasteiger partial charge on any atom is -0.317 e. The van der Waals surface area contributed by atoms with Crippen molar-refractivity contribution in [3.8, 4) is 6.07 Å². The molecule has 25 heavy (non-hydrogen) atoms. The highest BCUT2D eigenvalue weighted by molar-refractivity contribution is 7.18. The van der Waals surface area contributed by atoms with Gasteiger partial charge in [0.05, 0.1) is 16.8 Å². The summed E-state index contributed by atoms with van der Waals surface area (Å²) in [5.41, 5.74) is 3.70. The third-order valence-corrected chi connectivity index (χ3v) is 4.86. The van der Waals surface area contributed by atoms with Gasteiger partial charge in [0, 0.05) is 17.5 Å². The van der Waals surface area contributed by atoms with E-state index in [1.807, 2.05) is 6.07 Å². The van der Waals surface area contributed by atoms with Crippen LogP contribution in [0.5, 0.6) is 0 Å². The quantitative estimate of drug-likeness (QED) is 0.606. The zero-order chi connectivity index (χ0) is 18.6. The normalized spacial score (nSPS) is 10.5. The maximum Gasteiger partial charge on any atom is 0.281 e. The summed E-state index contributed by atoms with van der Waals surface area (Å²) in [6.45, 7) is 2.96. The molecular weight excluding hydrogens is 383 g/mol. The van der Waals surface area contributed by atoms with E-state index in [9.17, 15) is 14.9 Å². The zero-order valence-electron chi connectivity index (χ0n) is 13.2. The monoisotopic (exact) mass is 394 g/mol. The van der Waals surface area contributed by atoms with Crippen molar-refractivity contribution >= 4 is 57.6 Å². The molecule has 0 bridgehead atoms. The summed E-state index contributed by atoms with van der Waals surface area (Å²) in [6, 6.07) is 6.87. The van der Waals surface area contributed by atoms with Gasteiger partial charge in [-0.2, -0.15) is 10.4 Å². The zero-order valence-corrected chi connectivity index (χ0v) is 15.5. The molecule has 1 heterocycles. The highest BCUT2D eigenvalue weighted by atomic mass is 35.5. The summed E-state index contributed by atoms with van der Waals surface area (Å²) in [5.74, 6) is -0.808. The van der Waals surface area contributed by atoms with Crippen LogP contribution in [0, 0.1) is 18.3 Å². The van der Waals surface area contributed by atoms with Gasteiger partial charge in [-0.3, -0.25) is 9.59 Å². The van der Waals surface area contributed by atoms with Crippen LogP contribution in [-0.4, -0.2) is 18.0 Å². The van der Waals surface area contributed by atoms with E-state index < -0.39 is 5.91 Å². The number of carbonyl (C=O) groups is 2. The lowest BCUT2D eigenvalue weighted by atomic mass is 10.1. The van der Waals surface area contributed by atoms with Gasteiger partial charge in [0.2, 0.25) is 5.91 Å². The number of amides is 2. The summed E-state index contributed by atoms with van der Waals surface area (Å²) in [6.07, 6.45) is 1.39. The highest BCUT2D eigenvalue weighted by Crippen LogP contribution is 2.32. The van der Waals surface area contributed by atoms with Gasteiger partial charge in [-0.25, -0.2) is 5.43 Å². The summed E-state index contributed by atoms with van der Waals surface area (Å²) in [4.78, 5) is 23.8. The van der Waals surface area contributed by atoms with Crippen LogP contribution in [0.4, 0.5) is 5.00 Å². The topological polar surface area (TPSA) is 94.3 Å². The Hall–Kier alpha value is -2.40. The van der Waals surface area contributed by atoms with Gasteiger partial charge in [0.25, 0.3) is 5.91 Å². The van der Waals surface area contributed by atoms with Crippen molar-refractivity contribution in [3.63, 3.8) is 0 Å². The molecule has 0 aliphatic heterocycles. The standard InChI is InChI=1S/C16H12Cl2N4O2S/c1-8-12(6-19)16(21-9(2)23)25-14(8)15(24)22-20-7-10-3-4-11(17)5-13(10)18/h3-5,7H,1-2H3,(H,21,23)(H,22,24). The number of nitrogens with zero attached hydrogens (tertiary/aromatic N) is 2. The van der Waals surface area contributed by atoms with E-state index in [4.69, 9.17) is 23.2 Å². The van der Waals surface area contributed by atoms with Crippen LogP contribution in [0.15, 0.2) is 23.3 Å². The number of rotatable bonds is 4. The Bertz CT molecular complexity index is 916. The molecule has 0 atom stereocenters. The Kier molecular flexibility index (Phi) is 6.15. The summed E-state index contributed by atoms with van der Waals surface area (Å²) < 4.78 is 0. The Morgan fingerprint density at radius 1 is 1.36 bits per heavy atom. The van der Waals surface area contributed by atoms with Crippen LogP contribution in [-0.2, 0) is 4.79 Å². The van der Waals surface area contributed by atoms with E-state index in [1.165, 1.54) is 13.1 Å². The van der Waals surface area contributed by atoms with Gasteiger partial charge in [0.1, 0.15) is 15.9 Å². The summed E-state index contributed by atoms with van der Waals surface area (Å²) in [5, 5.41) is 16.8. The van der Waals surface area contributed by atoms with Crippen molar-refractivity contribution in [1.82, 2.24) is 5.43 Å². The largest absolute Gasteiger partial charge is 0.317 e. The maximum absolute atomic E-state index is 12.3. The lowest BCUT2D eigenvalue weighted by Gasteiger charge is -2.00. The molecule has 0 unspecified atom stereocenters. The third-order valence-electron chi connectivity index (χ3n) is 3.09. The average Bonchev–Trinajstić information content (AvgIpc) is 2.84. The van der Waals surface area contributed by atoms with Crippen molar-refractivity contribution < 1.29 is 9.59 Å². The van der Waals surface area contributed by atoms with Crippen LogP contribution >= 0.6 is 34.5 Å². The number of thiophene rings is 1. The van der Waals surface area contributed by atoms with Crippen LogP contribution in [0.3, 0.4) is 0 Å². The number of hydrogen-bond donors (Lipinski definition) is 2. The van der Waals surface area contributed by atoms with Crippen molar-refractivity contribution in [1.29, 1.82) is 5.26 Å². The number of nitriles is 1. The molecular formula is C16H12Cl2N4O2S. The first-order chi connectivity index (χ1) is 11.8. The van der Waals surface area contributed by atoms with Crippen LogP contribution < -0.4 is 10.7 Å². The first kappa shape index (κ1) is 18.9. The second kappa shape index (κ2) is 8.12. The van der Waals surface area contributed by atoms with E-state index in [0.29, 0.717) is 31.1 Å².